The second-order valence-corrected chi connectivity index (χ2v) is 8.52. The molecule has 2 heterocycles. The van der Waals surface area contributed by atoms with Crippen LogP contribution in [0.15, 0.2) is 0 Å². The molecule has 7 heteroatoms. The number of rotatable bonds is 5. The summed E-state index contributed by atoms with van der Waals surface area (Å²) in [6.07, 6.45) is 0.657. The van der Waals surface area contributed by atoms with E-state index in [9.17, 15) is 19.5 Å². The van der Waals surface area contributed by atoms with Crippen molar-refractivity contribution in [1.29, 1.82) is 0 Å². The molecule has 0 aromatic heterocycles. The number of nitrogens with zero attached hydrogens (tertiary/aromatic N) is 1. The van der Waals surface area contributed by atoms with Gasteiger partial charge >= 0.3 is 5.97 Å². The van der Waals surface area contributed by atoms with Crippen molar-refractivity contribution >= 4 is 17.8 Å². The van der Waals surface area contributed by atoms with E-state index < -0.39 is 18.1 Å². The van der Waals surface area contributed by atoms with Gasteiger partial charge in [-0.25, -0.2) is 4.79 Å². The minimum atomic E-state index is -0.954. The van der Waals surface area contributed by atoms with Gasteiger partial charge in [0.2, 0.25) is 11.8 Å². The highest BCUT2D eigenvalue weighted by Gasteiger charge is 2.69. The van der Waals surface area contributed by atoms with Crippen molar-refractivity contribution in [3.8, 4) is 0 Å². The molecule has 2 N–H and O–H groups in total. The fraction of sp³-hybridized carbons (Fsp3) is 0.833. The van der Waals surface area contributed by atoms with E-state index in [1.54, 1.807) is 0 Å². The van der Waals surface area contributed by atoms with Gasteiger partial charge in [-0.15, -0.1) is 0 Å². The van der Waals surface area contributed by atoms with Crippen LogP contribution in [0, 0.1) is 29.1 Å². The summed E-state index contributed by atoms with van der Waals surface area (Å²) in [4.78, 5) is 38.7. The average Bonchev–Trinajstić information content (AvgIpc) is 3.02. The maximum Gasteiger partial charge on any atom is 0.326 e. The molecule has 1 saturated carbocycles. The zero-order valence-electron chi connectivity index (χ0n) is 15.3. The lowest BCUT2D eigenvalue weighted by molar-refractivity contribution is -0.152. The van der Waals surface area contributed by atoms with Crippen molar-refractivity contribution in [2.45, 2.75) is 46.2 Å². The van der Waals surface area contributed by atoms with Gasteiger partial charge < -0.3 is 20.1 Å². The normalized spacial score (nSPS) is 33.9. The van der Waals surface area contributed by atoms with Crippen molar-refractivity contribution in [3.63, 3.8) is 0 Å². The van der Waals surface area contributed by atoms with Crippen LogP contribution < -0.4 is 5.32 Å². The van der Waals surface area contributed by atoms with Gasteiger partial charge in [-0.1, -0.05) is 27.7 Å². The van der Waals surface area contributed by atoms with E-state index in [2.05, 4.69) is 19.2 Å². The molecule has 2 unspecified atom stereocenters. The molecule has 3 fully saturated rings. The number of piperidine rings is 1. The zero-order chi connectivity index (χ0) is 18.5. The molecule has 0 bridgehead atoms. The SMILES string of the molecule is CC(C)C(NC(=O)C1CCOC1)C(=O)N1C[C@H]2[C@@H]([C@H]1C(=O)O)C2(C)C. The first kappa shape index (κ1) is 18.2. The standard InChI is InChI=1S/C18H28N2O5/c1-9(2)13(19-15(21)10-5-6-25-8-10)16(22)20-7-11-12(18(11,3)4)14(20)17(23)24/h9-14H,5-8H2,1-4H3,(H,19,21)(H,23,24)/t10?,11-,12-,13?,14-/m0/s1. The molecule has 5 atom stereocenters. The molecule has 0 aromatic rings. The number of nitrogens with one attached hydrogen (secondary N) is 1. The minimum Gasteiger partial charge on any atom is -0.480 e. The maximum atomic E-state index is 13.0. The van der Waals surface area contributed by atoms with E-state index in [1.165, 1.54) is 4.90 Å². The lowest BCUT2D eigenvalue weighted by Crippen LogP contribution is -2.56. The molecular formula is C18H28N2O5. The zero-order valence-corrected chi connectivity index (χ0v) is 15.3. The van der Waals surface area contributed by atoms with Gasteiger partial charge in [0.1, 0.15) is 12.1 Å². The number of hydrogen-bond donors (Lipinski definition) is 2. The predicted molar refractivity (Wildman–Crippen MR) is 89.6 cm³/mol. The van der Waals surface area contributed by atoms with Crippen LogP contribution in [0.25, 0.3) is 0 Å². The largest absolute Gasteiger partial charge is 0.480 e. The molecule has 1 aliphatic carbocycles. The van der Waals surface area contributed by atoms with Crippen molar-refractivity contribution < 1.29 is 24.2 Å². The van der Waals surface area contributed by atoms with Crippen molar-refractivity contribution in [3.05, 3.63) is 0 Å². The highest BCUT2D eigenvalue weighted by atomic mass is 16.5. The molecule has 25 heavy (non-hydrogen) atoms. The van der Waals surface area contributed by atoms with Gasteiger partial charge in [-0.2, -0.15) is 0 Å². The molecule has 2 amide bonds. The Morgan fingerprint density at radius 2 is 1.96 bits per heavy atom. The van der Waals surface area contributed by atoms with Crippen LogP contribution in [0.4, 0.5) is 0 Å². The van der Waals surface area contributed by atoms with Crippen LogP contribution in [0.1, 0.15) is 34.1 Å². The van der Waals surface area contributed by atoms with Gasteiger partial charge in [0.05, 0.1) is 12.5 Å². The van der Waals surface area contributed by atoms with E-state index in [-0.39, 0.29) is 40.9 Å². The van der Waals surface area contributed by atoms with Gasteiger partial charge in [0.25, 0.3) is 0 Å². The molecule has 2 aliphatic heterocycles. The van der Waals surface area contributed by atoms with Gasteiger partial charge in [0, 0.05) is 19.1 Å². The smallest absolute Gasteiger partial charge is 0.326 e. The minimum absolute atomic E-state index is 0.000644. The Kier molecular flexibility index (Phi) is 4.56. The maximum absolute atomic E-state index is 13.0. The molecule has 3 aliphatic rings. The van der Waals surface area contributed by atoms with Crippen LogP contribution in [0.2, 0.25) is 0 Å². The molecule has 0 radical (unpaired) electrons. The van der Waals surface area contributed by atoms with Crippen LogP contribution in [-0.4, -0.2) is 59.6 Å². The Labute approximate surface area is 148 Å². The fourth-order valence-electron chi connectivity index (χ4n) is 4.50. The summed E-state index contributed by atoms with van der Waals surface area (Å²) >= 11 is 0. The number of likely N-dealkylation sites (tertiary alicyclic amines) is 1. The number of carboxylic acid groups (broad SMARTS) is 1. The molecule has 0 aromatic carbocycles. The Morgan fingerprint density at radius 1 is 1.28 bits per heavy atom. The third kappa shape index (κ3) is 3.03. The van der Waals surface area contributed by atoms with E-state index >= 15 is 0 Å². The molecule has 2 saturated heterocycles. The topological polar surface area (TPSA) is 95.9 Å². The second-order valence-electron chi connectivity index (χ2n) is 8.52. The van der Waals surface area contributed by atoms with Gasteiger partial charge in [0.15, 0.2) is 0 Å². The first-order valence-electron chi connectivity index (χ1n) is 9.07. The van der Waals surface area contributed by atoms with Crippen LogP contribution >= 0.6 is 0 Å². The molecule has 3 rings (SSSR count). The first-order chi connectivity index (χ1) is 11.7. The Bertz CT molecular complexity index is 582. The van der Waals surface area contributed by atoms with Gasteiger partial charge in [-0.05, 0) is 23.7 Å². The summed E-state index contributed by atoms with van der Waals surface area (Å²) < 4.78 is 5.24. The van der Waals surface area contributed by atoms with Crippen LogP contribution in [0.3, 0.4) is 0 Å². The van der Waals surface area contributed by atoms with Crippen molar-refractivity contribution in [1.82, 2.24) is 10.2 Å². The summed E-state index contributed by atoms with van der Waals surface area (Å²) in [5.41, 5.74) is -0.0302. The number of fused-ring (bicyclic) bond motifs is 1. The third-order valence-corrected chi connectivity index (χ3v) is 6.28. The van der Waals surface area contributed by atoms with Crippen molar-refractivity contribution in [2.75, 3.05) is 19.8 Å². The highest BCUT2D eigenvalue weighted by Crippen LogP contribution is 2.64. The van der Waals surface area contributed by atoms with E-state index in [1.807, 2.05) is 13.8 Å². The third-order valence-electron chi connectivity index (χ3n) is 6.28. The number of carboxylic acids is 1. The Morgan fingerprint density at radius 3 is 2.48 bits per heavy atom. The number of carbonyl (C=O) groups is 3. The molecular weight excluding hydrogens is 324 g/mol. The van der Waals surface area contributed by atoms with Crippen LogP contribution in [0.5, 0.6) is 0 Å². The molecule has 0 spiro atoms. The monoisotopic (exact) mass is 352 g/mol. The van der Waals surface area contributed by atoms with Gasteiger partial charge in [-0.3, -0.25) is 9.59 Å². The summed E-state index contributed by atoms with van der Waals surface area (Å²) in [7, 11) is 0. The quantitative estimate of drug-likeness (QED) is 0.760. The number of hydrogen-bond acceptors (Lipinski definition) is 4. The lowest BCUT2D eigenvalue weighted by atomic mass is 9.97. The Hall–Kier alpha value is -1.63. The van der Waals surface area contributed by atoms with Crippen LogP contribution in [-0.2, 0) is 19.1 Å². The fourth-order valence-corrected chi connectivity index (χ4v) is 4.50. The first-order valence-corrected chi connectivity index (χ1v) is 9.07. The molecule has 7 nitrogen and oxygen atoms in total. The second kappa shape index (κ2) is 6.27. The number of aliphatic carboxylic acids is 1. The Balaban J connectivity index is 1.72. The molecule has 140 valence electrons. The number of amides is 2. The summed E-state index contributed by atoms with van der Waals surface area (Å²) in [6.45, 7) is 9.24. The number of carbonyl (C=O) groups excluding carboxylic acids is 2. The average molecular weight is 352 g/mol. The van der Waals surface area contributed by atoms with E-state index in [0.717, 1.165) is 0 Å². The summed E-state index contributed by atoms with van der Waals surface area (Å²) in [6, 6.07) is -1.49. The predicted octanol–water partition coefficient (Wildman–Crippen LogP) is 0.731. The summed E-state index contributed by atoms with van der Waals surface area (Å²) in [5.74, 6) is -1.53. The number of ether oxygens (including phenoxy) is 1. The van der Waals surface area contributed by atoms with E-state index in [4.69, 9.17) is 4.74 Å². The highest BCUT2D eigenvalue weighted by molar-refractivity contribution is 5.92. The van der Waals surface area contributed by atoms with Crippen molar-refractivity contribution in [2.24, 2.45) is 29.1 Å². The van der Waals surface area contributed by atoms with E-state index in [0.29, 0.717) is 26.2 Å². The lowest BCUT2D eigenvalue weighted by Gasteiger charge is -2.33. The summed E-state index contributed by atoms with van der Waals surface area (Å²) in [5, 5.41) is 12.5.